The van der Waals surface area contributed by atoms with E-state index >= 15 is 0 Å². The van der Waals surface area contributed by atoms with E-state index in [0.29, 0.717) is 24.8 Å². The molecule has 1 aromatic rings. The standard InChI is InChI=1S/C15H23NO4S/c1-5-11-8-9-12(14(17)18)10-13(11)21(19,20)16-15(4,6-2)7-3/h8-10,16H,5-7H2,1-4H3,(H,17,18). The highest BCUT2D eigenvalue weighted by atomic mass is 32.2. The Kier molecular flexibility index (Phi) is 5.53. The molecule has 21 heavy (non-hydrogen) atoms. The Morgan fingerprint density at radius 1 is 1.24 bits per heavy atom. The minimum Gasteiger partial charge on any atom is -0.478 e. The van der Waals surface area contributed by atoms with E-state index in [1.165, 1.54) is 12.1 Å². The molecule has 118 valence electrons. The number of hydrogen-bond donors (Lipinski definition) is 2. The fourth-order valence-electron chi connectivity index (χ4n) is 2.00. The van der Waals surface area contributed by atoms with E-state index in [1.807, 2.05) is 27.7 Å². The third-order valence-electron chi connectivity index (χ3n) is 3.93. The second kappa shape index (κ2) is 6.58. The van der Waals surface area contributed by atoms with Crippen LogP contribution in [0, 0.1) is 0 Å². The summed E-state index contributed by atoms with van der Waals surface area (Å²) < 4.78 is 27.9. The molecule has 2 N–H and O–H groups in total. The third kappa shape index (κ3) is 4.04. The molecular weight excluding hydrogens is 290 g/mol. The van der Waals surface area contributed by atoms with Crippen molar-refractivity contribution < 1.29 is 18.3 Å². The van der Waals surface area contributed by atoms with E-state index in [2.05, 4.69) is 4.72 Å². The van der Waals surface area contributed by atoms with E-state index in [4.69, 9.17) is 5.11 Å². The van der Waals surface area contributed by atoms with Crippen molar-refractivity contribution in [3.8, 4) is 0 Å². The number of sulfonamides is 1. The monoisotopic (exact) mass is 313 g/mol. The van der Waals surface area contributed by atoms with E-state index in [1.54, 1.807) is 6.07 Å². The summed E-state index contributed by atoms with van der Waals surface area (Å²) >= 11 is 0. The number of rotatable bonds is 7. The van der Waals surface area contributed by atoms with Crippen LogP contribution in [0.5, 0.6) is 0 Å². The predicted molar refractivity (Wildman–Crippen MR) is 82.1 cm³/mol. The zero-order chi connectivity index (χ0) is 16.3. The van der Waals surface area contributed by atoms with Crippen molar-refractivity contribution in [1.29, 1.82) is 0 Å². The van der Waals surface area contributed by atoms with Crippen LogP contribution in [-0.4, -0.2) is 25.0 Å². The highest BCUT2D eigenvalue weighted by Crippen LogP contribution is 2.23. The molecule has 0 aliphatic rings. The van der Waals surface area contributed by atoms with Crippen LogP contribution in [0.2, 0.25) is 0 Å². The molecule has 0 saturated carbocycles. The molecule has 1 aromatic carbocycles. The van der Waals surface area contributed by atoms with Crippen LogP contribution in [-0.2, 0) is 16.4 Å². The first-order valence-corrected chi connectivity index (χ1v) is 8.57. The summed E-state index contributed by atoms with van der Waals surface area (Å²) in [6.07, 6.45) is 1.83. The molecule has 5 nitrogen and oxygen atoms in total. The van der Waals surface area contributed by atoms with Gasteiger partial charge in [0.05, 0.1) is 10.5 Å². The van der Waals surface area contributed by atoms with Gasteiger partial charge < -0.3 is 5.11 Å². The average Bonchev–Trinajstić information content (AvgIpc) is 2.45. The molecule has 0 aliphatic heterocycles. The number of hydrogen-bond acceptors (Lipinski definition) is 3. The number of benzene rings is 1. The van der Waals surface area contributed by atoms with E-state index < -0.39 is 21.5 Å². The molecule has 0 fully saturated rings. The maximum absolute atomic E-state index is 12.6. The lowest BCUT2D eigenvalue weighted by atomic mass is 9.98. The summed E-state index contributed by atoms with van der Waals surface area (Å²) in [5.41, 5.74) is 0.0487. The number of carboxylic acid groups (broad SMARTS) is 1. The first-order chi connectivity index (χ1) is 9.69. The Morgan fingerprint density at radius 2 is 1.81 bits per heavy atom. The Labute approximate surface area is 126 Å². The molecule has 0 spiro atoms. The number of carbonyl (C=O) groups is 1. The summed E-state index contributed by atoms with van der Waals surface area (Å²) in [4.78, 5) is 11.1. The first-order valence-electron chi connectivity index (χ1n) is 7.09. The van der Waals surface area contributed by atoms with Gasteiger partial charge in [-0.3, -0.25) is 0 Å². The van der Waals surface area contributed by atoms with Crippen LogP contribution < -0.4 is 4.72 Å². The zero-order valence-electron chi connectivity index (χ0n) is 12.9. The van der Waals surface area contributed by atoms with Gasteiger partial charge in [-0.15, -0.1) is 0 Å². The second-order valence-electron chi connectivity index (χ2n) is 5.35. The molecule has 0 atom stereocenters. The molecular formula is C15H23NO4S. The molecule has 0 amide bonds. The van der Waals surface area contributed by atoms with Crippen molar-refractivity contribution in [2.24, 2.45) is 0 Å². The Morgan fingerprint density at radius 3 is 2.24 bits per heavy atom. The second-order valence-corrected chi connectivity index (χ2v) is 7.01. The summed E-state index contributed by atoms with van der Waals surface area (Å²) in [5.74, 6) is -1.14. The number of carboxylic acids is 1. The predicted octanol–water partition coefficient (Wildman–Crippen LogP) is 2.80. The molecule has 0 heterocycles. The van der Waals surface area contributed by atoms with E-state index in [-0.39, 0.29) is 10.5 Å². The smallest absolute Gasteiger partial charge is 0.335 e. The maximum Gasteiger partial charge on any atom is 0.335 e. The molecule has 0 aliphatic carbocycles. The van der Waals surface area contributed by atoms with Gasteiger partial charge in [-0.1, -0.05) is 26.8 Å². The van der Waals surface area contributed by atoms with E-state index in [0.717, 1.165) is 0 Å². The van der Waals surface area contributed by atoms with Crippen molar-refractivity contribution in [2.45, 2.75) is 57.4 Å². The quantitative estimate of drug-likeness (QED) is 0.811. The Bertz CT molecular complexity index is 619. The lowest BCUT2D eigenvalue weighted by Crippen LogP contribution is -2.45. The van der Waals surface area contributed by atoms with Crippen molar-refractivity contribution >= 4 is 16.0 Å². The maximum atomic E-state index is 12.6. The molecule has 0 saturated heterocycles. The Balaban J connectivity index is 3.36. The average molecular weight is 313 g/mol. The first kappa shape index (κ1) is 17.7. The van der Waals surface area contributed by atoms with Gasteiger partial charge in [-0.05, 0) is 43.9 Å². The van der Waals surface area contributed by atoms with Crippen LogP contribution in [0.1, 0.15) is 56.5 Å². The number of aromatic carboxylic acids is 1. The summed E-state index contributed by atoms with van der Waals surface area (Å²) in [7, 11) is -3.75. The zero-order valence-corrected chi connectivity index (χ0v) is 13.8. The molecule has 6 heteroatoms. The van der Waals surface area contributed by atoms with E-state index in [9.17, 15) is 13.2 Å². The topological polar surface area (TPSA) is 83.5 Å². The minimum atomic E-state index is -3.75. The van der Waals surface area contributed by atoms with Gasteiger partial charge in [0, 0.05) is 5.54 Å². The van der Waals surface area contributed by atoms with Gasteiger partial charge in [-0.25, -0.2) is 17.9 Å². The van der Waals surface area contributed by atoms with Gasteiger partial charge in [0.25, 0.3) is 0 Å². The molecule has 1 rings (SSSR count). The summed E-state index contributed by atoms with van der Waals surface area (Å²) in [5, 5.41) is 9.05. The molecule has 0 unspecified atom stereocenters. The third-order valence-corrected chi connectivity index (χ3v) is 5.65. The van der Waals surface area contributed by atoms with Gasteiger partial charge in [-0.2, -0.15) is 0 Å². The molecule has 0 radical (unpaired) electrons. The highest BCUT2D eigenvalue weighted by molar-refractivity contribution is 7.89. The highest BCUT2D eigenvalue weighted by Gasteiger charge is 2.29. The van der Waals surface area contributed by atoms with Crippen LogP contribution in [0.15, 0.2) is 23.1 Å². The normalized spacial score (nSPS) is 12.4. The Hall–Kier alpha value is -1.40. The van der Waals surface area contributed by atoms with Gasteiger partial charge in [0.1, 0.15) is 0 Å². The minimum absolute atomic E-state index is 0.0257. The lowest BCUT2D eigenvalue weighted by Gasteiger charge is -2.28. The summed E-state index contributed by atoms with van der Waals surface area (Å²) in [6, 6.07) is 4.22. The SMILES string of the molecule is CCc1ccc(C(=O)O)cc1S(=O)(=O)NC(C)(CC)CC. The van der Waals surface area contributed by atoms with Crippen LogP contribution in [0.4, 0.5) is 0 Å². The van der Waals surface area contributed by atoms with Crippen molar-refractivity contribution in [2.75, 3.05) is 0 Å². The van der Waals surface area contributed by atoms with Gasteiger partial charge in [0.15, 0.2) is 0 Å². The molecule has 0 aromatic heterocycles. The fraction of sp³-hybridized carbons (Fsp3) is 0.533. The number of nitrogens with one attached hydrogen (secondary N) is 1. The summed E-state index contributed by atoms with van der Waals surface area (Å²) in [6.45, 7) is 7.52. The molecule has 0 bridgehead atoms. The van der Waals surface area contributed by atoms with Crippen molar-refractivity contribution in [3.63, 3.8) is 0 Å². The largest absolute Gasteiger partial charge is 0.478 e. The van der Waals surface area contributed by atoms with Crippen LogP contribution >= 0.6 is 0 Å². The van der Waals surface area contributed by atoms with Crippen molar-refractivity contribution in [1.82, 2.24) is 4.72 Å². The van der Waals surface area contributed by atoms with Crippen LogP contribution in [0.3, 0.4) is 0 Å². The number of aryl methyl sites for hydroxylation is 1. The fourth-order valence-corrected chi connectivity index (χ4v) is 3.89. The lowest BCUT2D eigenvalue weighted by molar-refractivity contribution is 0.0696. The van der Waals surface area contributed by atoms with Gasteiger partial charge in [0.2, 0.25) is 10.0 Å². The van der Waals surface area contributed by atoms with Gasteiger partial charge >= 0.3 is 5.97 Å². The van der Waals surface area contributed by atoms with Crippen LogP contribution in [0.25, 0.3) is 0 Å². The van der Waals surface area contributed by atoms with Crippen molar-refractivity contribution in [3.05, 3.63) is 29.3 Å².